The van der Waals surface area contributed by atoms with Gasteiger partial charge in [0.2, 0.25) is 0 Å². The normalized spacial score (nSPS) is 19.2. The van der Waals surface area contributed by atoms with E-state index in [9.17, 15) is 13.2 Å². The minimum Gasteiger partial charge on any atom is -0.476 e. The number of para-hydroxylation sites is 2. The number of amides is 1. The Balaban J connectivity index is 1.44. The third-order valence-electron chi connectivity index (χ3n) is 6.04. The second kappa shape index (κ2) is 9.92. The first kappa shape index (κ1) is 22.6. The predicted octanol–water partition coefficient (Wildman–Crippen LogP) is 2.94. The van der Waals surface area contributed by atoms with Crippen LogP contribution >= 0.6 is 0 Å². The summed E-state index contributed by atoms with van der Waals surface area (Å²) in [5, 5.41) is 2.93. The van der Waals surface area contributed by atoms with Gasteiger partial charge in [0.05, 0.1) is 17.1 Å². The number of likely N-dealkylation sites (tertiary alicyclic amines) is 1. The monoisotopic (exact) mass is 457 g/mol. The van der Waals surface area contributed by atoms with Crippen molar-refractivity contribution in [1.82, 2.24) is 10.2 Å². The van der Waals surface area contributed by atoms with Gasteiger partial charge in [-0.25, -0.2) is 8.42 Å². The summed E-state index contributed by atoms with van der Waals surface area (Å²) < 4.78 is 34.0. The van der Waals surface area contributed by atoms with Crippen molar-refractivity contribution in [2.24, 2.45) is 0 Å². The third kappa shape index (κ3) is 5.07. The van der Waals surface area contributed by atoms with Crippen molar-refractivity contribution in [3.05, 3.63) is 54.1 Å². The number of sulfonamides is 1. The Labute approximate surface area is 190 Å². The first-order valence-electron chi connectivity index (χ1n) is 11.3. The van der Waals surface area contributed by atoms with Gasteiger partial charge in [0, 0.05) is 6.54 Å². The summed E-state index contributed by atoms with van der Waals surface area (Å²) in [6.07, 6.45) is 3.75. The van der Waals surface area contributed by atoms with E-state index in [1.807, 2.05) is 6.92 Å². The topological polar surface area (TPSA) is 79.0 Å². The van der Waals surface area contributed by atoms with Crippen LogP contribution in [0.25, 0.3) is 0 Å². The van der Waals surface area contributed by atoms with Crippen LogP contribution in [0.1, 0.15) is 31.2 Å². The molecule has 2 heterocycles. The average molecular weight is 458 g/mol. The van der Waals surface area contributed by atoms with E-state index >= 15 is 0 Å². The zero-order valence-corrected chi connectivity index (χ0v) is 19.3. The Morgan fingerprint density at radius 3 is 2.53 bits per heavy atom. The summed E-state index contributed by atoms with van der Waals surface area (Å²) >= 11 is 0. The number of nitrogens with one attached hydrogen (secondary N) is 1. The molecule has 1 unspecified atom stereocenters. The molecule has 32 heavy (non-hydrogen) atoms. The Morgan fingerprint density at radius 2 is 1.78 bits per heavy atom. The van der Waals surface area contributed by atoms with Crippen molar-refractivity contribution in [2.45, 2.75) is 43.6 Å². The standard InChI is InChI=1S/C24H31N3O4S/c1-19-10-12-20(13-11-19)32(29,30)27-18-23(31-22-9-4-3-8-21(22)27)24(28)25-14-7-17-26-15-5-2-6-16-26/h3-4,8-13,23H,2,5-7,14-18H2,1H3,(H,25,28). The van der Waals surface area contributed by atoms with Gasteiger partial charge in [0.15, 0.2) is 6.10 Å². The molecule has 2 aromatic carbocycles. The van der Waals surface area contributed by atoms with Gasteiger partial charge >= 0.3 is 0 Å². The number of carbonyl (C=O) groups excluding carboxylic acids is 1. The zero-order valence-electron chi connectivity index (χ0n) is 18.5. The van der Waals surface area contributed by atoms with Crippen molar-refractivity contribution in [3.63, 3.8) is 0 Å². The van der Waals surface area contributed by atoms with E-state index in [0.29, 0.717) is 18.0 Å². The molecule has 172 valence electrons. The lowest BCUT2D eigenvalue weighted by atomic mass is 10.1. The SMILES string of the molecule is Cc1ccc(S(=O)(=O)N2CC(C(=O)NCCCN3CCCCC3)Oc3ccccc32)cc1. The fraction of sp³-hybridized carbons (Fsp3) is 0.458. The number of piperidine rings is 1. The fourth-order valence-corrected chi connectivity index (χ4v) is 5.69. The molecule has 0 aromatic heterocycles. The zero-order chi connectivity index (χ0) is 22.6. The van der Waals surface area contributed by atoms with Crippen LogP contribution in [0.15, 0.2) is 53.4 Å². The molecular formula is C24H31N3O4S. The van der Waals surface area contributed by atoms with Gasteiger partial charge in [-0.05, 0) is 70.1 Å². The third-order valence-corrected chi connectivity index (χ3v) is 7.83. The Hall–Kier alpha value is -2.58. The molecule has 0 spiro atoms. The highest BCUT2D eigenvalue weighted by Crippen LogP contribution is 2.36. The molecule has 0 radical (unpaired) electrons. The number of nitrogens with zero attached hydrogens (tertiary/aromatic N) is 2. The van der Waals surface area contributed by atoms with Crippen molar-refractivity contribution < 1.29 is 17.9 Å². The molecule has 2 aromatic rings. The van der Waals surface area contributed by atoms with E-state index in [0.717, 1.165) is 31.6 Å². The first-order valence-corrected chi connectivity index (χ1v) is 12.7. The molecule has 7 nitrogen and oxygen atoms in total. The van der Waals surface area contributed by atoms with E-state index in [1.54, 1.807) is 48.5 Å². The van der Waals surface area contributed by atoms with E-state index in [2.05, 4.69) is 10.2 Å². The molecule has 2 aliphatic heterocycles. The molecule has 4 rings (SSSR count). The number of rotatable bonds is 7. The summed E-state index contributed by atoms with van der Waals surface area (Å²) in [7, 11) is -3.83. The number of hydrogen-bond acceptors (Lipinski definition) is 5. The molecular weight excluding hydrogens is 426 g/mol. The van der Waals surface area contributed by atoms with Crippen LogP contribution in [0, 0.1) is 6.92 Å². The highest BCUT2D eigenvalue weighted by atomic mass is 32.2. The maximum atomic E-state index is 13.4. The number of ether oxygens (including phenoxy) is 1. The lowest BCUT2D eigenvalue weighted by Gasteiger charge is -2.34. The maximum Gasteiger partial charge on any atom is 0.264 e. The fourth-order valence-electron chi connectivity index (χ4n) is 4.21. The smallest absolute Gasteiger partial charge is 0.264 e. The summed E-state index contributed by atoms with van der Waals surface area (Å²) in [6.45, 7) is 5.60. The van der Waals surface area contributed by atoms with Crippen molar-refractivity contribution in [1.29, 1.82) is 0 Å². The minimum atomic E-state index is -3.83. The summed E-state index contributed by atoms with van der Waals surface area (Å²) in [4.78, 5) is 15.5. The van der Waals surface area contributed by atoms with Crippen LogP contribution < -0.4 is 14.4 Å². The van der Waals surface area contributed by atoms with Crippen molar-refractivity contribution in [3.8, 4) is 5.75 Å². The summed E-state index contributed by atoms with van der Waals surface area (Å²) in [5.41, 5.74) is 1.43. The molecule has 0 aliphatic carbocycles. The van der Waals surface area contributed by atoms with Gasteiger partial charge in [0.1, 0.15) is 5.75 Å². The maximum absolute atomic E-state index is 13.4. The lowest BCUT2D eigenvalue weighted by Crippen LogP contribution is -2.51. The van der Waals surface area contributed by atoms with Crippen LogP contribution in [-0.4, -0.2) is 58.1 Å². The van der Waals surface area contributed by atoms with E-state index < -0.39 is 16.1 Å². The van der Waals surface area contributed by atoms with E-state index in [4.69, 9.17) is 4.74 Å². The highest BCUT2D eigenvalue weighted by Gasteiger charge is 2.37. The first-order chi connectivity index (χ1) is 15.4. The molecule has 2 aliphatic rings. The molecule has 0 bridgehead atoms. The van der Waals surface area contributed by atoms with E-state index in [1.165, 1.54) is 23.6 Å². The number of aryl methyl sites for hydroxylation is 1. The van der Waals surface area contributed by atoms with Crippen LogP contribution in [-0.2, 0) is 14.8 Å². The van der Waals surface area contributed by atoms with Gasteiger partial charge < -0.3 is 15.0 Å². The Morgan fingerprint density at radius 1 is 1.06 bits per heavy atom. The second-order valence-electron chi connectivity index (χ2n) is 8.47. The molecule has 1 amide bonds. The van der Waals surface area contributed by atoms with Crippen molar-refractivity contribution >= 4 is 21.6 Å². The molecule has 1 saturated heterocycles. The number of benzene rings is 2. The Kier molecular flexibility index (Phi) is 7.01. The molecule has 1 atom stereocenters. The molecule has 1 fully saturated rings. The van der Waals surface area contributed by atoms with Crippen LogP contribution in [0.4, 0.5) is 5.69 Å². The van der Waals surface area contributed by atoms with Gasteiger partial charge in [-0.1, -0.05) is 36.2 Å². The number of hydrogen-bond donors (Lipinski definition) is 1. The lowest BCUT2D eigenvalue weighted by molar-refractivity contribution is -0.127. The van der Waals surface area contributed by atoms with Crippen molar-refractivity contribution in [2.75, 3.05) is 37.0 Å². The van der Waals surface area contributed by atoms with Crippen LogP contribution in [0.2, 0.25) is 0 Å². The highest BCUT2D eigenvalue weighted by molar-refractivity contribution is 7.92. The largest absolute Gasteiger partial charge is 0.476 e. The van der Waals surface area contributed by atoms with Gasteiger partial charge in [0.25, 0.3) is 15.9 Å². The van der Waals surface area contributed by atoms with E-state index in [-0.39, 0.29) is 17.3 Å². The molecule has 8 heteroatoms. The number of anilines is 1. The van der Waals surface area contributed by atoms with Gasteiger partial charge in [-0.2, -0.15) is 0 Å². The number of fused-ring (bicyclic) bond motifs is 1. The van der Waals surface area contributed by atoms with Gasteiger partial charge in [-0.3, -0.25) is 9.10 Å². The Bertz CT molecular complexity index is 1030. The van der Waals surface area contributed by atoms with Gasteiger partial charge in [-0.15, -0.1) is 0 Å². The molecule has 1 N–H and O–H groups in total. The quantitative estimate of drug-likeness (QED) is 0.647. The minimum absolute atomic E-state index is 0.0643. The van der Waals surface area contributed by atoms with Crippen LogP contribution in [0.5, 0.6) is 5.75 Å². The summed E-state index contributed by atoms with van der Waals surface area (Å²) in [5.74, 6) is 0.102. The summed E-state index contributed by atoms with van der Waals surface area (Å²) in [6, 6.07) is 13.7. The predicted molar refractivity (Wildman–Crippen MR) is 124 cm³/mol. The van der Waals surface area contributed by atoms with Crippen LogP contribution in [0.3, 0.4) is 0 Å². The second-order valence-corrected chi connectivity index (χ2v) is 10.3. The molecule has 0 saturated carbocycles. The number of carbonyl (C=O) groups is 1. The average Bonchev–Trinajstić information content (AvgIpc) is 2.82.